The third-order valence-corrected chi connectivity index (χ3v) is 7.89. The molecule has 216 valence electrons. The van der Waals surface area contributed by atoms with Crippen LogP contribution < -0.4 is 15.5 Å². The number of piperidine rings is 1. The summed E-state index contributed by atoms with van der Waals surface area (Å²) in [6, 6.07) is 16.8. The number of aliphatic carboxylic acids is 1. The Hall–Kier alpha value is -3.85. The summed E-state index contributed by atoms with van der Waals surface area (Å²) in [5, 5.41) is 14.9. The molecule has 1 aliphatic heterocycles. The number of pyridine rings is 1. The van der Waals surface area contributed by atoms with Crippen LogP contribution in [0.2, 0.25) is 0 Å². The fourth-order valence-electron chi connectivity index (χ4n) is 4.67. The average molecular weight is 575 g/mol. The molecule has 8 nitrogen and oxygen atoms in total. The van der Waals surface area contributed by atoms with Crippen LogP contribution in [0.25, 0.3) is 11.3 Å². The second kappa shape index (κ2) is 14.7. The lowest BCUT2D eigenvalue weighted by molar-refractivity contribution is -0.136. The lowest BCUT2D eigenvalue weighted by Crippen LogP contribution is -2.29. The molecule has 0 saturated carbocycles. The second-order valence-electron chi connectivity index (χ2n) is 10.7. The molecule has 2 amide bonds. The third-order valence-electron chi connectivity index (χ3n) is 6.86. The zero-order valence-corrected chi connectivity index (χ0v) is 24.5. The number of amides is 2. The molecule has 0 bridgehead atoms. The molecule has 3 N–H and O–H groups in total. The Labute approximate surface area is 245 Å². The number of aromatic nitrogens is 1. The molecule has 3 aromatic rings. The number of carbonyl (C=O) groups excluding carboxylic acids is 2. The zero-order chi connectivity index (χ0) is 29.2. The summed E-state index contributed by atoms with van der Waals surface area (Å²) in [4.78, 5) is 43.9. The lowest BCUT2D eigenvalue weighted by Gasteiger charge is -2.29. The molecule has 1 fully saturated rings. The van der Waals surface area contributed by atoms with Crippen molar-refractivity contribution in [3.8, 4) is 11.3 Å². The van der Waals surface area contributed by atoms with E-state index in [-0.39, 0.29) is 18.2 Å². The molecule has 41 heavy (non-hydrogen) atoms. The fraction of sp³-hybridized carbons (Fsp3) is 0.375. The first-order valence-corrected chi connectivity index (χ1v) is 15.3. The summed E-state index contributed by atoms with van der Waals surface area (Å²) in [5.41, 5.74) is 5.03. The molecule has 0 atom stereocenters. The van der Waals surface area contributed by atoms with Crippen molar-refractivity contribution in [1.82, 2.24) is 10.3 Å². The maximum Gasteiger partial charge on any atom is 0.304 e. The minimum Gasteiger partial charge on any atom is -0.481 e. The van der Waals surface area contributed by atoms with E-state index in [1.54, 1.807) is 24.4 Å². The second-order valence-corrected chi connectivity index (χ2v) is 11.8. The number of rotatable bonds is 12. The van der Waals surface area contributed by atoms with Gasteiger partial charge in [-0.1, -0.05) is 26.0 Å². The highest BCUT2D eigenvalue weighted by molar-refractivity contribution is 7.98. The van der Waals surface area contributed by atoms with E-state index in [1.807, 2.05) is 44.2 Å². The van der Waals surface area contributed by atoms with Crippen LogP contribution in [0, 0.1) is 5.92 Å². The van der Waals surface area contributed by atoms with Crippen molar-refractivity contribution in [2.75, 3.05) is 35.6 Å². The predicted molar refractivity (Wildman–Crippen MR) is 166 cm³/mol. The van der Waals surface area contributed by atoms with Crippen LogP contribution in [-0.2, 0) is 10.5 Å². The molecular weight excluding hydrogens is 536 g/mol. The molecule has 1 aliphatic rings. The Bertz CT molecular complexity index is 1370. The molecule has 0 unspecified atom stereocenters. The first-order valence-electron chi connectivity index (χ1n) is 14.1. The number of nitrogens with one attached hydrogen (secondary N) is 2. The van der Waals surface area contributed by atoms with E-state index in [0.717, 1.165) is 42.7 Å². The molecule has 0 radical (unpaired) electrons. The van der Waals surface area contributed by atoms with Gasteiger partial charge >= 0.3 is 5.97 Å². The fourth-order valence-corrected chi connectivity index (χ4v) is 5.54. The first kappa shape index (κ1) is 30.1. The van der Waals surface area contributed by atoms with Gasteiger partial charge in [0.1, 0.15) is 0 Å². The third kappa shape index (κ3) is 8.82. The number of carbonyl (C=O) groups is 3. The van der Waals surface area contributed by atoms with Crippen LogP contribution in [0.15, 0.2) is 60.8 Å². The number of anilines is 2. The Morgan fingerprint density at radius 2 is 1.76 bits per heavy atom. The van der Waals surface area contributed by atoms with E-state index in [4.69, 9.17) is 5.11 Å². The Balaban J connectivity index is 1.59. The normalized spacial score (nSPS) is 13.2. The van der Waals surface area contributed by atoms with Crippen molar-refractivity contribution in [3.63, 3.8) is 0 Å². The Kier molecular flexibility index (Phi) is 10.8. The molecule has 2 heterocycles. The molecule has 2 aromatic carbocycles. The standard InChI is InChI=1S/C32H38N4O4S/c1-22(2)20-34-31(39)25-11-13-33-29(18-25)27-19-26(36-14-4-3-5-15-36)9-10-28(27)35-32(40)24-8-6-7-23(17-24)21-41-16-12-30(37)38/h6-11,13,17-19,22H,3-5,12,14-16,20-21H2,1-2H3,(H,34,39)(H,35,40)(H,37,38). The average Bonchev–Trinajstić information content (AvgIpc) is 2.99. The molecule has 0 aliphatic carbocycles. The van der Waals surface area contributed by atoms with E-state index in [0.29, 0.717) is 46.5 Å². The van der Waals surface area contributed by atoms with Crippen LogP contribution in [0.1, 0.15) is 65.8 Å². The van der Waals surface area contributed by atoms with E-state index in [1.165, 1.54) is 18.2 Å². The van der Waals surface area contributed by atoms with Crippen molar-refractivity contribution in [2.24, 2.45) is 5.92 Å². The molecule has 1 aromatic heterocycles. The lowest BCUT2D eigenvalue weighted by atomic mass is 10.0. The summed E-state index contributed by atoms with van der Waals surface area (Å²) < 4.78 is 0. The van der Waals surface area contributed by atoms with Gasteiger partial charge in [-0.3, -0.25) is 19.4 Å². The van der Waals surface area contributed by atoms with Crippen LogP contribution >= 0.6 is 11.8 Å². The minimum atomic E-state index is -0.816. The number of hydrogen-bond acceptors (Lipinski definition) is 6. The molecule has 9 heteroatoms. The summed E-state index contributed by atoms with van der Waals surface area (Å²) >= 11 is 1.52. The number of hydrogen-bond donors (Lipinski definition) is 3. The number of carboxylic acids is 1. The van der Waals surface area contributed by atoms with Gasteiger partial charge in [0.15, 0.2) is 0 Å². The van der Waals surface area contributed by atoms with Gasteiger partial charge in [0.05, 0.1) is 17.8 Å². The smallest absolute Gasteiger partial charge is 0.304 e. The number of thioether (sulfide) groups is 1. The highest BCUT2D eigenvalue weighted by Crippen LogP contribution is 2.33. The van der Waals surface area contributed by atoms with E-state index >= 15 is 0 Å². The SMILES string of the molecule is CC(C)CNC(=O)c1ccnc(-c2cc(N3CCCCC3)ccc2NC(=O)c2cccc(CSCCC(=O)O)c2)c1. The van der Waals surface area contributed by atoms with Gasteiger partial charge in [0.2, 0.25) is 0 Å². The molecular formula is C32H38N4O4S. The highest BCUT2D eigenvalue weighted by Gasteiger charge is 2.18. The number of benzene rings is 2. The van der Waals surface area contributed by atoms with Crippen molar-refractivity contribution >= 4 is 40.9 Å². The van der Waals surface area contributed by atoms with Gasteiger partial charge in [-0.15, -0.1) is 0 Å². The van der Waals surface area contributed by atoms with Crippen molar-refractivity contribution < 1.29 is 19.5 Å². The highest BCUT2D eigenvalue weighted by atomic mass is 32.2. The van der Waals surface area contributed by atoms with Gasteiger partial charge in [-0.25, -0.2) is 0 Å². The summed E-state index contributed by atoms with van der Waals surface area (Å²) in [6.45, 7) is 6.64. The van der Waals surface area contributed by atoms with Crippen LogP contribution in [0.4, 0.5) is 11.4 Å². The van der Waals surface area contributed by atoms with Crippen molar-refractivity contribution in [1.29, 1.82) is 0 Å². The monoisotopic (exact) mass is 574 g/mol. The zero-order valence-electron chi connectivity index (χ0n) is 23.7. The minimum absolute atomic E-state index is 0.107. The largest absolute Gasteiger partial charge is 0.481 e. The first-order chi connectivity index (χ1) is 19.8. The van der Waals surface area contributed by atoms with E-state index in [9.17, 15) is 14.4 Å². The predicted octanol–water partition coefficient (Wildman–Crippen LogP) is 6.08. The topological polar surface area (TPSA) is 112 Å². The Morgan fingerprint density at radius 1 is 0.976 bits per heavy atom. The van der Waals surface area contributed by atoms with Gasteiger partial charge in [-0.2, -0.15) is 11.8 Å². The molecule has 4 rings (SSSR count). The summed E-state index contributed by atoms with van der Waals surface area (Å²) in [7, 11) is 0. The van der Waals surface area contributed by atoms with Gasteiger partial charge in [0.25, 0.3) is 11.8 Å². The van der Waals surface area contributed by atoms with Crippen LogP contribution in [-0.4, -0.2) is 53.3 Å². The van der Waals surface area contributed by atoms with Crippen molar-refractivity contribution in [3.05, 3.63) is 77.5 Å². The molecule has 0 spiro atoms. The Morgan fingerprint density at radius 3 is 2.51 bits per heavy atom. The molecule has 1 saturated heterocycles. The van der Waals surface area contributed by atoms with Crippen molar-refractivity contribution in [2.45, 2.75) is 45.3 Å². The van der Waals surface area contributed by atoms with Gasteiger partial charge in [-0.05, 0) is 73.2 Å². The van der Waals surface area contributed by atoms with Gasteiger partial charge < -0.3 is 20.6 Å². The maximum atomic E-state index is 13.4. The quantitative estimate of drug-likeness (QED) is 0.225. The summed E-state index contributed by atoms with van der Waals surface area (Å²) in [6.07, 6.45) is 5.24. The van der Waals surface area contributed by atoms with Gasteiger partial charge in [0, 0.05) is 59.7 Å². The number of carboxylic acid groups (broad SMARTS) is 1. The van der Waals surface area contributed by atoms with E-state index in [2.05, 4.69) is 26.6 Å². The summed E-state index contributed by atoms with van der Waals surface area (Å²) in [5.74, 6) is 0.257. The van der Waals surface area contributed by atoms with E-state index < -0.39 is 5.97 Å². The van der Waals surface area contributed by atoms with Crippen LogP contribution in [0.3, 0.4) is 0 Å². The van der Waals surface area contributed by atoms with Crippen LogP contribution in [0.5, 0.6) is 0 Å². The maximum absolute atomic E-state index is 13.4. The number of nitrogens with zero attached hydrogens (tertiary/aromatic N) is 2.